The minimum atomic E-state index is 0.139. The molecule has 0 fully saturated rings. The molecule has 0 N–H and O–H groups in total. The molecule has 0 aliphatic carbocycles. The molecular formula is C54H76O2S4. The van der Waals surface area contributed by atoms with Gasteiger partial charge in [0.25, 0.3) is 0 Å². The highest BCUT2D eigenvalue weighted by Crippen LogP contribution is 2.24. The van der Waals surface area contributed by atoms with E-state index in [1.165, 1.54) is 0 Å². The molecule has 60 heavy (non-hydrogen) atoms. The Morgan fingerprint density at radius 1 is 0.317 bits per heavy atom. The molecule has 0 radical (unpaired) electrons. The van der Waals surface area contributed by atoms with Gasteiger partial charge in [0, 0.05) is 45.2 Å². The lowest BCUT2D eigenvalue weighted by Gasteiger charge is -1.99. The zero-order valence-electron chi connectivity index (χ0n) is 39.6. The second-order valence-corrected chi connectivity index (χ2v) is 13.2. The van der Waals surface area contributed by atoms with E-state index in [0.717, 1.165) is 45.2 Å². The summed E-state index contributed by atoms with van der Waals surface area (Å²) in [5.41, 5.74) is 0.278. The summed E-state index contributed by atoms with van der Waals surface area (Å²) in [7, 11) is 0. The predicted molar refractivity (Wildman–Crippen MR) is 290 cm³/mol. The Morgan fingerprint density at radius 3 is 0.667 bits per heavy atom. The third-order valence-corrected chi connectivity index (χ3v) is 8.99. The third-order valence-electron chi connectivity index (χ3n) is 6.39. The lowest BCUT2D eigenvalue weighted by molar-refractivity contribution is 1.48. The highest BCUT2D eigenvalue weighted by Gasteiger charge is 2.04. The van der Waals surface area contributed by atoms with E-state index in [4.69, 9.17) is 0 Å². The zero-order valence-corrected chi connectivity index (χ0v) is 42.9. The van der Waals surface area contributed by atoms with Gasteiger partial charge in [-0.25, -0.2) is 0 Å². The van der Waals surface area contributed by atoms with E-state index in [-0.39, 0.29) is 10.9 Å². The predicted octanol–water partition coefficient (Wildman–Crippen LogP) is 18.7. The molecule has 0 aliphatic heterocycles. The van der Waals surface area contributed by atoms with Crippen LogP contribution < -0.4 is 10.9 Å². The zero-order chi connectivity index (χ0) is 46.6. The summed E-state index contributed by atoms with van der Waals surface area (Å²) >= 11 is 9.17. The number of hydrogen-bond donors (Lipinski definition) is 1. The second-order valence-electron chi connectivity index (χ2n) is 9.75. The molecule has 0 unspecified atom stereocenters. The SMILES string of the molecule is CC.CC.CC.CC.CC.CC.CC.CSC.O=c1c2ccccc2sc2ccccc12.O=c1c2ccccc2sc2ccccc12.Sc1ccccc1.c1ccccc1. The Labute approximate surface area is 383 Å². The number of thiol groups is 1. The summed E-state index contributed by atoms with van der Waals surface area (Å²) in [6.07, 6.45) is 4.08. The molecule has 2 aromatic heterocycles. The smallest absolute Gasteiger partial charge is 0.195 e. The Kier molecular flexibility index (Phi) is 47.8. The fraction of sp³-hybridized carbons (Fsp3) is 0.296. The average Bonchev–Trinajstić information content (AvgIpc) is 3.35. The van der Waals surface area contributed by atoms with E-state index in [1.54, 1.807) is 34.4 Å². The minimum Gasteiger partial charge on any atom is -0.289 e. The molecule has 8 aromatic rings. The molecule has 2 nitrogen and oxygen atoms in total. The van der Waals surface area contributed by atoms with Gasteiger partial charge in [-0.1, -0.05) is 200 Å². The summed E-state index contributed by atoms with van der Waals surface area (Å²) in [4.78, 5) is 25.2. The van der Waals surface area contributed by atoms with Crippen molar-refractivity contribution < 1.29 is 0 Å². The first-order valence-corrected chi connectivity index (χ1v) is 25.2. The van der Waals surface area contributed by atoms with Crippen LogP contribution in [0.15, 0.2) is 178 Å². The van der Waals surface area contributed by atoms with Gasteiger partial charge in [-0.3, -0.25) is 9.59 Å². The number of rotatable bonds is 0. The standard InChI is InChI=1S/2C13H8OS.C6H6S.C6H6.C2H6S.7C2H6/c2*14-13-9-5-1-3-7-11(9)15-12-8-4-2-6-10(12)13;7-6-4-2-1-3-5-6;1-2-4-6-5-3-1;1-3-2;7*1-2/h2*1-8H;1-5,7H;1-6H;1-2H3;7*1-2H3. The number of benzene rings is 6. The molecule has 328 valence electrons. The fourth-order valence-corrected chi connectivity index (χ4v) is 6.63. The fourth-order valence-electron chi connectivity index (χ4n) is 4.31. The summed E-state index contributed by atoms with van der Waals surface area (Å²) in [5.74, 6) is 0. The molecule has 0 bridgehead atoms. The van der Waals surface area contributed by atoms with E-state index >= 15 is 0 Å². The quantitative estimate of drug-likeness (QED) is 0.122. The number of hydrogen-bond acceptors (Lipinski definition) is 6. The summed E-state index contributed by atoms with van der Waals surface area (Å²) in [6.45, 7) is 28.0. The van der Waals surface area contributed by atoms with Crippen molar-refractivity contribution in [1.29, 1.82) is 0 Å². The van der Waals surface area contributed by atoms with Crippen molar-refractivity contribution >= 4 is 87.4 Å². The van der Waals surface area contributed by atoms with Crippen molar-refractivity contribution in [3.8, 4) is 0 Å². The van der Waals surface area contributed by atoms with E-state index in [0.29, 0.717) is 0 Å². The first-order chi connectivity index (χ1) is 29.5. The molecule has 0 aliphatic rings. The maximum absolute atomic E-state index is 12.1. The Hall–Kier alpha value is -4.20. The van der Waals surface area contributed by atoms with Gasteiger partial charge >= 0.3 is 0 Å². The Bertz CT molecular complexity index is 1950. The molecule has 0 spiro atoms. The van der Waals surface area contributed by atoms with Crippen LogP contribution in [-0.2, 0) is 0 Å². The van der Waals surface area contributed by atoms with E-state index in [1.807, 2.05) is 273 Å². The first-order valence-electron chi connectivity index (χ1n) is 21.5. The van der Waals surface area contributed by atoms with Gasteiger partial charge in [0.2, 0.25) is 0 Å². The van der Waals surface area contributed by atoms with Crippen LogP contribution in [0.2, 0.25) is 0 Å². The van der Waals surface area contributed by atoms with Crippen LogP contribution in [0.4, 0.5) is 0 Å². The number of fused-ring (bicyclic) bond motifs is 4. The lowest BCUT2D eigenvalue weighted by atomic mass is 10.2. The Balaban J connectivity index is -0.000000323. The van der Waals surface area contributed by atoms with Crippen molar-refractivity contribution in [2.75, 3.05) is 12.5 Å². The van der Waals surface area contributed by atoms with Crippen LogP contribution in [0.25, 0.3) is 40.3 Å². The minimum absolute atomic E-state index is 0.139. The Morgan fingerprint density at radius 2 is 0.483 bits per heavy atom. The maximum atomic E-state index is 12.1. The van der Waals surface area contributed by atoms with E-state index < -0.39 is 0 Å². The molecule has 0 amide bonds. The van der Waals surface area contributed by atoms with Crippen molar-refractivity contribution in [1.82, 2.24) is 0 Å². The molecule has 8 rings (SSSR count). The third kappa shape index (κ3) is 24.8. The second kappa shape index (κ2) is 45.9. The highest BCUT2D eigenvalue weighted by atomic mass is 32.2. The molecular weight excluding hydrogens is 809 g/mol. The van der Waals surface area contributed by atoms with Gasteiger partial charge < -0.3 is 0 Å². The average molecular weight is 885 g/mol. The van der Waals surface area contributed by atoms with Crippen molar-refractivity contribution in [3.63, 3.8) is 0 Å². The van der Waals surface area contributed by atoms with Crippen LogP contribution >= 0.6 is 47.1 Å². The van der Waals surface area contributed by atoms with Crippen LogP contribution in [0.1, 0.15) is 96.9 Å². The summed E-state index contributed by atoms with van der Waals surface area (Å²) < 4.78 is 4.23. The van der Waals surface area contributed by atoms with E-state index in [2.05, 4.69) is 12.6 Å². The van der Waals surface area contributed by atoms with Crippen molar-refractivity contribution in [2.24, 2.45) is 0 Å². The summed E-state index contributed by atoms with van der Waals surface area (Å²) in [5, 5.41) is 3.28. The highest BCUT2D eigenvalue weighted by molar-refractivity contribution is 7.97. The van der Waals surface area contributed by atoms with Crippen LogP contribution in [0.5, 0.6) is 0 Å². The van der Waals surface area contributed by atoms with Crippen LogP contribution in [0, 0.1) is 0 Å². The lowest BCUT2D eigenvalue weighted by Crippen LogP contribution is -1.99. The molecule has 0 saturated carbocycles. The van der Waals surface area contributed by atoms with Gasteiger partial charge in [-0.05, 0) is 73.2 Å². The molecule has 2 heterocycles. The van der Waals surface area contributed by atoms with Gasteiger partial charge in [-0.2, -0.15) is 11.8 Å². The van der Waals surface area contributed by atoms with Gasteiger partial charge in [0.1, 0.15) is 0 Å². The summed E-state index contributed by atoms with van der Waals surface area (Å²) in [6, 6.07) is 52.8. The van der Waals surface area contributed by atoms with Gasteiger partial charge in [-0.15, -0.1) is 35.3 Å². The maximum Gasteiger partial charge on any atom is 0.195 e. The van der Waals surface area contributed by atoms with Crippen molar-refractivity contribution in [2.45, 2.75) is 102 Å². The van der Waals surface area contributed by atoms with E-state index in [9.17, 15) is 9.59 Å². The van der Waals surface area contributed by atoms with Gasteiger partial charge in [0.15, 0.2) is 10.9 Å². The normalized spacial score (nSPS) is 8.28. The first kappa shape index (κ1) is 62.5. The largest absolute Gasteiger partial charge is 0.289 e. The van der Waals surface area contributed by atoms with Crippen molar-refractivity contribution in [3.05, 3.63) is 184 Å². The van der Waals surface area contributed by atoms with Crippen LogP contribution in [0.3, 0.4) is 0 Å². The molecule has 6 heteroatoms. The molecule has 6 aromatic carbocycles. The van der Waals surface area contributed by atoms with Crippen LogP contribution in [-0.4, -0.2) is 12.5 Å². The van der Waals surface area contributed by atoms with Gasteiger partial charge in [0.05, 0.1) is 0 Å². The molecule has 0 atom stereocenters. The number of thioether (sulfide) groups is 1. The molecule has 0 saturated heterocycles. The topological polar surface area (TPSA) is 34.1 Å². The monoisotopic (exact) mass is 884 g/mol.